The van der Waals surface area contributed by atoms with Gasteiger partial charge in [-0.3, -0.25) is 4.79 Å². The molecule has 1 amide bonds. The lowest BCUT2D eigenvalue weighted by molar-refractivity contribution is -0.149. The van der Waals surface area contributed by atoms with Gasteiger partial charge >= 0.3 is 0 Å². The smallest absolute Gasteiger partial charge is 0.253 e. The second kappa shape index (κ2) is 7.11. The Bertz CT molecular complexity index is 494. The molecule has 3 rings (SSSR count). The molecule has 0 aromatic heterocycles. The molecule has 5 heteroatoms. The maximum absolute atomic E-state index is 12.6. The van der Waals surface area contributed by atoms with Crippen molar-refractivity contribution in [2.75, 3.05) is 45.2 Å². The third-order valence-electron chi connectivity index (χ3n) is 4.42. The van der Waals surface area contributed by atoms with Crippen LogP contribution in [0.4, 0.5) is 5.69 Å². The molecule has 0 bridgehead atoms. The van der Waals surface area contributed by atoms with Crippen molar-refractivity contribution in [3.8, 4) is 0 Å². The largest absolute Gasteiger partial charge is 0.381 e. The summed E-state index contributed by atoms with van der Waals surface area (Å²) in [5.74, 6) is 0.145. The third kappa shape index (κ3) is 3.78. The minimum Gasteiger partial charge on any atom is -0.381 e. The summed E-state index contributed by atoms with van der Waals surface area (Å²) in [6.45, 7) is 3.85. The van der Waals surface area contributed by atoms with Crippen LogP contribution in [0.5, 0.6) is 0 Å². The van der Waals surface area contributed by atoms with Crippen LogP contribution < -0.4 is 5.32 Å². The maximum atomic E-state index is 12.6. The number of rotatable bonds is 3. The molecule has 2 fully saturated rings. The summed E-state index contributed by atoms with van der Waals surface area (Å²) in [5, 5.41) is 3.53. The molecule has 120 valence electrons. The third-order valence-corrected chi connectivity index (χ3v) is 4.42. The van der Waals surface area contributed by atoms with Gasteiger partial charge in [0, 0.05) is 37.9 Å². The fourth-order valence-corrected chi connectivity index (χ4v) is 3.20. The van der Waals surface area contributed by atoms with Gasteiger partial charge in [-0.1, -0.05) is 18.2 Å². The first-order chi connectivity index (χ1) is 10.7. The van der Waals surface area contributed by atoms with E-state index in [0.717, 1.165) is 38.2 Å². The van der Waals surface area contributed by atoms with Gasteiger partial charge in [-0.15, -0.1) is 0 Å². The molecular formula is C17H25N3O2. The molecule has 1 aromatic rings. The van der Waals surface area contributed by atoms with Gasteiger partial charge in [0.2, 0.25) is 0 Å². The zero-order valence-corrected chi connectivity index (χ0v) is 13.2. The van der Waals surface area contributed by atoms with E-state index in [1.807, 2.05) is 30.1 Å². The molecule has 0 saturated carbocycles. The van der Waals surface area contributed by atoms with Crippen LogP contribution in [0.3, 0.4) is 0 Å². The highest BCUT2D eigenvalue weighted by Crippen LogP contribution is 2.18. The number of hydrogen-bond acceptors (Lipinski definition) is 4. The van der Waals surface area contributed by atoms with Crippen molar-refractivity contribution in [1.82, 2.24) is 9.80 Å². The fraction of sp³-hybridized carbons (Fsp3) is 0.588. The Kier molecular flexibility index (Phi) is 4.95. The molecule has 0 unspecified atom stereocenters. The Balaban J connectivity index is 1.57. The molecule has 0 spiro atoms. The number of carbonyl (C=O) groups excluding carboxylic acids is 1. The van der Waals surface area contributed by atoms with Gasteiger partial charge < -0.3 is 19.9 Å². The first-order valence-electron chi connectivity index (χ1n) is 8.13. The van der Waals surface area contributed by atoms with E-state index < -0.39 is 0 Å². The number of likely N-dealkylation sites (tertiary alicyclic amines) is 1. The van der Waals surface area contributed by atoms with E-state index in [0.29, 0.717) is 19.2 Å². The summed E-state index contributed by atoms with van der Waals surface area (Å²) in [6, 6.07) is 10.5. The predicted octanol–water partition coefficient (Wildman–Crippen LogP) is 1.42. The van der Waals surface area contributed by atoms with Crippen LogP contribution in [-0.4, -0.2) is 67.7 Å². The summed E-state index contributed by atoms with van der Waals surface area (Å²) in [5.41, 5.74) is 1.12. The van der Waals surface area contributed by atoms with E-state index in [2.05, 4.69) is 22.3 Å². The number of hydrogen-bond donors (Lipinski definition) is 1. The van der Waals surface area contributed by atoms with E-state index >= 15 is 0 Å². The van der Waals surface area contributed by atoms with Gasteiger partial charge in [0.1, 0.15) is 6.10 Å². The van der Waals surface area contributed by atoms with Gasteiger partial charge in [-0.05, 0) is 32.0 Å². The Morgan fingerprint density at radius 1 is 1.23 bits per heavy atom. The number of amides is 1. The number of anilines is 1. The van der Waals surface area contributed by atoms with Crippen LogP contribution in [0.15, 0.2) is 30.3 Å². The molecule has 2 saturated heterocycles. The number of morpholine rings is 1. The molecule has 0 aliphatic carbocycles. The highest BCUT2D eigenvalue weighted by Gasteiger charge is 2.31. The number of nitrogens with one attached hydrogen (secondary N) is 1. The molecule has 2 atom stereocenters. The van der Waals surface area contributed by atoms with Gasteiger partial charge in [0.25, 0.3) is 5.91 Å². The lowest BCUT2D eigenvalue weighted by Gasteiger charge is -2.37. The number of carbonyl (C=O) groups is 1. The van der Waals surface area contributed by atoms with E-state index in [1.54, 1.807) is 0 Å². The van der Waals surface area contributed by atoms with Crippen LogP contribution in [-0.2, 0) is 9.53 Å². The molecule has 1 N–H and O–H groups in total. The number of ether oxygens (including phenoxy) is 1. The maximum Gasteiger partial charge on any atom is 0.253 e. The van der Waals surface area contributed by atoms with Crippen LogP contribution >= 0.6 is 0 Å². The monoisotopic (exact) mass is 303 g/mol. The zero-order valence-electron chi connectivity index (χ0n) is 13.2. The van der Waals surface area contributed by atoms with E-state index in [9.17, 15) is 4.79 Å². The molecule has 2 heterocycles. The van der Waals surface area contributed by atoms with Crippen molar-refractivity contribution in [1.29, 1.82) is 0 Å². The Morgan fingerprint density at radius 3 is 2.82 bits per heavy atom. The molecule has 0 radical (unpaired) electrons. The minimum atomic E-state index is -0.297. The van der Waals surface area contributed by atoms with Crippen molar-refractivity contribution in [3.63, 3.8) is 0 Å². The Morgan fingerprint density at radius 2 is 2.05 bits per heavy atom. The molecule has 2 aliphatic heterocycles. The van der Waals surface area contributed by atoms with Crippen LogP contribution in [0.25, 0.3) is 0 Å². The van der Waals surface area contributed by atoms with Crippen LogP contribution in [0.1, 0.15) is 12.8 Å². The number of nitrogens with zero attached hydrogens (tertiary/aromatic N) is 2. The number of para-hydroxylation sites is 1. The highest BCUT2D eigenvalue weighted by molar-refractivity contribution is 5.81. The first kappa shape index (κ1) is 15.3. The van der Waals surface area contributed by atoms with Crippen molar-refractivity contribution in [2.24, 2.45) is 0 Å². The Labute approximate surface area is 132 Å². The average molecular weight is 303 g/mol. The van der Waals surface area contributed by atoms with Crippen molar-refractivity contribution >= 4 is 11.6 Å². The SMILES string of the molecule is CN1CCO[C@H](C(=O)N2CCC[C@H](Nc3ccccc3)C2)C1. The van der Waals surface area contributed by atoms with Crippen LogP contribution in [0, 0.1) is 0 Å². The summed E-state index contributed by atoms with van der Waals surface area (Å²) < 4.78 is 5.66. The average Bonchev–Trinajstić information content (AvgIpc) is 2.55. The predicted molar refractivity (Wildman–Crippen MR) is 86.9 cm³/mol. The Hall–Kier alpha value is -1.59. The second-order valence-corrected chi connectivity index (χ2v) is 6.26. The topological polar surface area (TPSA) is 44.8 Å². The number of likely N-dealkylation sites (N-methyl/N-ethyl adjacent to an activating group) is 1. The summed E-state index contributed by atoms with van der Waals surface area (Å²) >= 11 is 0. The summed E-state index contributed by atoms with van der Waals surface area (Å²) in [7, 11) is 2.04. The fourth-order valence-electron chi connectivity index (χ4n) is 3.20. The van der Waals surface area contributed by atoms with Crippen molar-refractivity contribution in [2.45, 2.75) is 25.0 Å². The number of benzene rings is 1. The number of piperidine rings is 1. The van der Waals surface area contributed by atoms with Gasteiger partial charge in [-0.25, -0.2) is 0 Å². The summed E-state index contributed by atoms with van der Waals surface area (Å²) in [4.78, 5) is 16.8. The highest BCUT2D eigenvalue weighted by atomic mass is 16.5. The minimum absolute atomic E-state index is 0.145. The summed E-state index contributed by atoms with van der Waals surface area (Å²) in [6.07, 6.45) is 1.84. The molecule has 2 aliphatic rings. The van der Waals surface area contributed by atoms with Gasteiger partial charge in [0.15, 0.2) is 0 Å². The normalized spacial score (nSPS) is 26.7. The molecule has 5 nitrogen and oxygen atoms in total. The van der Waals surface area contributed by atoms with Crippen molar-refractivity contribution < 1.29 is 9.53 Å². The second-order valence-electron chi connectivity index (χ2n) is 6.26. The van der Waals surface area contributed by atoms with E-state index in [1.165, 1.54) is 0 Å². The van der Waals surface area contributed by atoms with Gasteiger partial charge in [0.05, 0.1) is 6.61 Å². The quantitative estimate of drug-likeness (QED) is 0.917. The lowest BCUT2D eigenvalue weighted by atomic mass is 10.0. The molecular weight excluding hydrogens is 278 g/mol. The zero-order chi connectivity index (χ0) is 15.4. The van der Waals surface area contributed by atoms with Crippen LogP contribution in [0.2, 0.25) is 0 Å². The van der Waals surface area contributed by atoms with Gasteiger partial charge in [-0.2, -0.15) is 0 Å². The van der Waals surface area contributed by atoms with E-state index in [4.69, 9.17) is 4.74 Å². The standard InChI is InChI=1S/C17H25N3O2/c1-19-10-11-22-16(13-19)17(21)20-9-5-8-15(12-20)18-14-6-3-2-4-7-14/h2-4,6-7,15-16,18H,5,8-13H2,1H3/t15-,16-/m0/s1. The van der Waals surface area contributed by atoms with Crippen molar-refractivity contribution in [3.05, 3.63) is 30.3 Å². The van der Waals surface area contributed by atoms with E-state index in [-0.39, 0.29) is 12.0 Å². The first-order valence-corrected chi connectivity index (χ1v) is 8.13. The molecule has 1 aromatic carbocycles. The molecule has 22 heavy (non-hydrogen) atoms. The lowest BCUT2D eigenvalue weighted by Crippen LogP contribution is -2.53.